The fraction of sp³-hybridized carbons (Fsp3) is 0.208. The molecule has 0 unspecified atom stereocenters. The number of carbonyl (C=O) groups excluding carboxylic acids is 4. The minimum atomic E-state index is -2.58. The average molecular weight is 1650 g/mol. The number of rotatable bonds is 26. The molecule has 2 N–H and O–H groups in total. The molecule has 0 aliphatic heterocycles. The van der Waals surface area contributed by atoms with Crippen molar-refractivity contribution in [2.75, 3.05) is 27.9 Å². The van der Waals surface area contributed by atoms with Gasteiger partial charge in [-0.25, -0.2) is 28.9 Å². The maximum absolute atomic E-state index is 13.0. The normalized spacial score (nSPS) is 11.4. The Morgan fingerprint density at radius 1 is 0.402 bits per heavy atom. The number of hydrogen-bond donors (Lipinski definition) is 2. The predicted octanol–water partition coefficient (Wildman–Crippen LogP) is 25.3. The molecule has 0 aliphatic rings. The zero-order valence-electron chi connectivity index (χ0n) is 72.6. The Bertz CT molecular complexity index is 5290. The number of carboxylic acid groups (broad SMARTS) is 1. The van der Waals surface area contributed by atoms with Crippen LogP contribution < -0.4 is 15.9 Å². The van der Waals surface area contributed by atoms with Crippen LogP contribution in [0, 0.1) is 0 Å². The van der Waals surface area contributed by atoms with Gasteiger partial charge in [0.25, 0.3) is 0 Å². The summed E-state index contributed by atoms with van der Waals surface area (Å²) >= 11 is 0. The number of benzene rings is 10. The number of aliphatic hydroxyl groups excluding tert-OH is 1. The van der Waals surface area contributed by atoms with Crippen LogP contribution in [0.25, 0.3) is 63.2 Å². The van der Waals surface area contributed by atoms with Crippen molar-refractivity contribution >= 4 is 83.5 Å². The molecule has 11 aromatic rings. The minimum Gasteiger partial charge on any atom is -0.478 e. The summed E-state index contributed by atoms with van der Waals surface area (Å²) in [6.07, 6.45) is 21.0. The van der Waals surface area contributed by atoms with Crippen molar-refractivity contribution in [3.05, 3.63) is 410 Å². The van der Waals surface area contributed by atoms with E-state index in [0.29, 0.717) is 41.2 Å². The highest BCUT2D eigenvalue weighted by molar-refractivity contribution is 7.87. The molecule has 0 aliphatic carbocycles. The van der Waals surface area contributed by atoms with Crippen molar-refractivity contribution in [3.63, 3.8) is 0 Å². The lowest BCUT2D eigenvalue weighted by molar-refractivity contribution is -0.137. The molecule has 0 fully saturated rings. The van der Waals surface area contributed by atoms with Gasteiger partial charge in [0.15, 0.2) is 0 Å². The Morgan fingerprint density at radius 3 is 1.06 bits per heavy atom. The van der Waals surface area contributed by atoms with Gasteiger partial charge in [-0.15, -0.1) is 0 Å². The van der Waals surface area contributed by atoms with Crippen LogP contribution in [-0.2, 0) is 33.4 Å². The molecule has 0 radical (unpaired) electrons. The van der Waals surface area contributed by atoms with Crippen LogP contribution in [-0.4, -0.2) is 73.3 Å². The molecular weight excluding hydrogens is 1530 g/mol. The highest BCUT2D eigenvalue weighted by Crippen LogP contribution is 2.48. The van der Waals surface area contributed by atoms with E-state index in [1.54, 1.807) is 36.4 Å². The van der Waals surface area contributed by atoms with Gasteiger partial charge >= 0.3 is 23.9 Å². The van der Waals surface area contributed by atoms with E-state index in [4.69, 9.17) is 30.0 Å². The second-order valence-electron chi connectivity index (χ2n) is 29.8. The predicted molar refractivity (Wildman–Crippen MR) is 506 cm³/mol. The molecule has 0 atom stereocenters. The Morgan fingerprint density at radius 2 is 0.730 bits per heavy atom. The monoisotopic (exact) mass is 1650 g/mol. The largest absolute Gasteiger partial charge is 0.478 e. The lowest BCUT2D eigenvalue weighted by Gasteiger charge is -2.27. The maximum atomic E-state index is 13.0. The topological polar surface area (TPSA) is 228 Å². The van der Waals surface area contributed by atoms with Crippen LogP contribution >= 0.6 is 7.05 Å². The number of pyridine rings is 1. The summed E-state index contributed by atoms with van der Waals surface area (Å²) in [6.45, 7) is 26.0. The summed E-state index contributed by atoms with van der Waals surface area (Å²) in [5.74, 6) is 0.624. The van der Waals surface area contributed by atoms with E-state index < -0.39 is 30.9 Å². The van der Waals surface area contributed by atoms with Gasteiger partial charge in [-0.3, -0.25) is 4.79 Å². The summed E-state index contributed by atoms with van der Waals surface area (Å²) in [4.78, 5) is 63.7. The van der Waals surface area contributed by atoms with E-state index in [9.17, 15) is 24.0 Å². The number of esters is 3. The first-order valence-electron chi connectivity index (χ1n) is 40.6. The van der Waals surface area contributed by atoms with Gasteiger partial charge in [-0.05, 0) is 144 Å². The van der Waals surface area contributed by atoms with E-state index >= 15 is 0 Å². The number of azide groups is 1. The number of carbonyl (C=O) groups is 5. The molecule has 628 valence electrons. The van der Waals surface area contributed by atoms with Crippen LogP contribution in [0.4, 0.5) is 0 Å². The molecule has 0 spiro atoms. The Kier molecular flexibility index (Phi) is 41.9. The van der Waals surface area contributed by atoms with Crippen LogP contribution in [0.15, 0.2) is 343 Å². The first-order valence-corrected chi connectivity index (χ1v) is 42.4. The summed E-state index contributed by atoms with van der Waals surface area (Å²) in [6, 6.07) is 93.8. The van der Waals surface area contributed by atoms with E-state index in [1.165, 1.54) is 66.9 Å². The number of methoxy groups -OCH3 is 3. The molecule has 0 saturated heterocycles. The number of allylic oxidation sites excluding steroid dienone is 5. The van der Waals surface area contributed by atoms with Crippen LogP contribution in [0.1, 0.15) is 190 Å². The molecule has 0 saturated carbocycles. The Labute approximate surface area is 721 Å². The van der Waals surface area contributed by atoms with E-state index in [1.807, 2.05) is 164 Å². The average Bonchev–Trinajstić information content (AvgIpc) is 0.749. The lowest BCUT2D eigenvalue weighted by Crippen LogP contribution is -2.26. The van der Waals surface area contributed by atoms with Crippen molar-refractivity contribution < 1.29 is 48.4 Å². The highest BCUT2D eigenvalue weighted by atomic mass is 31.2. The molecular formula is C106H114N5O10P. The highest BCUT2D eigenvalue weighted by Gasteiger charge is 2.29. The van der Waals surface area contributed by atoms with Gasteiger partial charge in [0.2, 0.25) is 0 Å². The quantitative estimate of drug-likeness (QED) is 0.00596. The third kappa shape index (κ3) is 32.0. The number of aliphatic carboxylic acids is 1. The molecule has 0 bridgehead atoms. The number of carboxylic acids is 1. The molecule has 1 heterocycles. The summed E-state index contributed by atoms with van der Waals surface area (Å²) < 4.78 is 19.8. The summed E-state index contributed by atoms with van der Waals surface area (Å²) in [7, 11) is 1.41. The second-order valence-corrected chi connectivity index (χ2v) is 32.8. The fourth-order valence-corrected chi connectivity index (χ4v) is 15.5. The molecule has 122 heavy (non-hydrogen) atoms. The van der Waals surface area contributed by atoms with Crippen molar-refractivity contribution in [1.29, 1.82) is 0 Å². The van der Waals surface area contributed by atoms with Gasteiger partial charge in [0, 0.05) is 38.0 Å². The molecule has 0 amide bonds. The molecule has 16 heteroatoms. The number of aliphatic hydroxyl groups is 1. The zero-order valence-corrected chi connectivity index (χ0v) is 73.5. The third-order valence-corrected chi connectivity index (χ3v) is 22.8. The van der Waals surface area contributed by atoms with Crippen molar-refractivity contribution in [1.82, 2.24) is 4.98 Å². The first-order chi connectivity index (χ1) is 58.8. The SMILES string of the molecule is CC(C)c1ccc(/C=C/C(=O)O)cc1.CC(C)c1ccc(/C=C/C=O)cc1.CC(C)c1ccc(/C=C/CO)cc1.COC(=O)/C(=C/C=C/c1ccc(C(C)C)cc1)N=P(c1ccccc1)(c1ccccc1)c1ccccc1.COC(=O)/C(=C/C=C/c1ccc(C(C)C)cc1)N=[N+]=[N-].COC(=O)c1ccc(-c2ccc(C(C)C)cc2)c(-c2ccccc2)n1. The smallest absolute Gasteiger partial charge is 0.356 e. The number of hydrogen-bond acceptors (Lipinski definition) is 12. The standard InChI is InChI=1S/C33H32NO2P.C22H21NO2.C15H17N3O2.C12H14O2.C12H16O.C12H14O/c1-26(2)28-24-22-27(23-25-28)14-13-21-32(33(35)36-3)34-37(29-15-7-4-8-16-29,30-17-9-5-10-18-30)31-19-11-6-12-20-31;1-15(2)16-9-11-17(12-10-16)19-13-14-20(22(24)25-3)23-21(19)18-7-5-4-6-8-18;1-11(2)13-9-7-12(8-10-13)5-4-6-14(17-18-16)15(19)20-3;1-9(2)11-6-3-10(4-7-11)5-8-12(13)14;2*1-10(2)12-7-5-11(6-8-12)4-3-9-13/h4-26H,1-3H3;4-15H,1-3H3;4-11H,1-3H3;3-9H,1-2H3,(H,13,14);3-8,10,13H,9H2,1-2H3;3-10H,1-2H3/b14-13+,32-21-;;5-4+,14-6-;8-5+;2*4-3+. The van der Waals surface area contributed by atoms with E-state index in [0.717, 1.165) is 78.5 Å². The van der Waals surface area contributed by atoms with Crippen LogP contribution in [0.5, 0.6) is 0 Å². The second kappa shape index (κ2) is 52.5. The zero-order chi connectivity index (χ0) is 88.8. The van der Waals surface area contributed by atoms with Gasteiger partial charge in [-0.1, -0.05) is 398 Å². The van der Waals surface area contributed by atoms with Crippen molar-refractivity contribution in [2.24, 2.45) is 9.86 Å². The van der Waals surface area contributed by atoms with Crippen LogP contribution in [0.2, 0.25) is 0 Å². The number of aldehydes is 1. The fourth-order valence-electron chi connectivity index (χ4n) is 12.0. The molecule has 1 aromatic heterocycles. The van der Waals surface area contributed by atoms with Crippen LogP contribution in [0.3, 0.4) is 0 Å². The molecule has 10 aromatic carbocycles. The number of aromatic nitrogens is 1. The van der Waals surface area contributed by atoms with Crippen molar-refractivity contribution in [3.8, 4) is 22.4 Å². The van der Waals surface area contributed by atoms with Gasteiger partial charge < -0.3 is 24.4 Å². The van der Waals surface area contributed by atoms with Gasteiger partial charge in [0.1, 0.15) is 23.4 Å². The lowest BCUT2D eigenvalue weighted by atomic mass is 9.95. The van der Waals surface area contributed by atoms with Gasteiger partial charge in [0.05, 0.1) is 40.7 Å². The van der Waals surface area contributed by atoms with Gasteiger partial charge in [-0.2, -0.15) is 0 Å². The first kappa shape index (κ1) is 97.4. The number of nitrogens with zero attached hydrogens (tertiary/aromatic N) is 5. The molecule has 15 nitrogen and oxygen atoms in total. The Balaban J connectivity index is 0.000000238. The maximum Gasteiger partial charge on any atom is 0.356 e. The minimum absolute atomic E-state index is 0.0787. The Hall–Kier alpha value is -13.4. The third-order valence-electron chi connectivity index (χ3n) is 19.1. The summed E-state index contributed by atoms with van der Waals surface area (Å²) in [5.41, 5.74) is 25.6. The van der Waals surface area contributed by atoms with E-state index in [-0.39, 0.29) is 18.0 Å². The van der Waals surface area contributed by atoms with E-state index in [2.05, 4.69) is 236 Å². The summed E-state index contributed by atoms with van der Waals surface area (Å²) in [5, 5.41) is 23.5. The van der Waals surface area contributed by atoms with Crippen molar-refractivity contribution in [2.45, 2.75) is 119 Å². The number of ether oxygens (including phenoxy) is 3. The molecule has 11 rings (SSSR count).